The SMILES string of the molecule is CCSc1nc(-[n+]2ccccc2)no1. The number of nitrogens with zero attached hydrogens (tertiary/aromatic N) is 3. The van der Waals surface area contributed by atoms with Crippen molar-refractivity contribution in [3.8, 4) is 5.95 Å². The topological polar surface area (TPSA) is 42.8 Å². The van der Waals surface area contributed by atoms with Crippen LogP contribution >= 0.6 is 11.8 Å². The lowest BCUT2D eigenvalue weighted by Gasteiger charge is -1.86. The van der Waals surface area contributed by atoms with E-state index >= 15 is 0 Å². The molecule has 0 saturated carbocycles. The summed E-state index contributed by atoms with van der Waals surface area (Å²) in [5.41, 5.74) is 0. The average Bonchev–Trinajstić information content (AvgIpc) is 2.68. The number of hydrogen-bond donors (Lipinski definition) is 0. The largest absolute Gasteiger partial charge is 0.480 e. The van der Waals surface area contributed by atoms with E-state index in [4.69, 9.17) is 4.52 Å². The average molecular weight is 208 g/mol. The Labute approximate surface area is 86.0 Å². The van der Waals surface area contributed by atoms with Gasteiger partial charge in [0, 0.05) is 5.75 Å². The smallest absolute Gasteiger partial charge is 0.238 e. The fourth-order valence-electron chi connectivity index (χ4n) is 1.02. The highest BCUT2D eigenvalue weighted by atomic mass is 32.2. The van der Waals surface area contributed by atoms with Gasteiger partial charge in [0.05, 0.1) is 12.4 Å². The van der Waals surface area contributed by atoms with E-state index in [1.165, 1.54) is 11.8 Å². The molecule has 5 heteroatoms. The number of rotatable bonds is 3. The lowest BCUT2D eigenvalue weighted by atomic mass is 10.5. The molecule has 0 unspecified atom stereocenters. The Balaban J connectivity index is 2.25. The van der Waals surface area contributed by atoms with E-state index in [-0.39, 0.29) is 0 Å². The maximum absolute atomic E-state index is 5.04. The van der Waals surface area contributed by atoms with Crippen LogP contribution in [0.1, 0.15) is 6.92 Å². The number of pyridine rings is 1. The van der Waals surface area contributed by atoms with Gasteiger partial charge in [-0.15, -0.1) is 0 Å². The summed E-state index contributed by atoms with van der Waals surface area (Å²) in [4.78, 5) is 4.22. The Morgan fingerprint density at radius 2 is 2.14 bits per heavy atom. The molecule has 0 aromatic carbocycles. The highest BCUT2D eigenvalue weighted by molar-refractivity contribution is 7.99. The summed E-state index contributed by atoms with van der Waals surface area (Å²) in [5.74, 6) is 1.50. The second-order valence-corrected chi connectivity index (χ2v) is 3.79. The first-order valence-corrected chi connectivity index (χ1v) is 5.32. The molecule has 14 heavy (non-hydrogen) atoms. The standard InChI is InChI=1S/C9H10N3OS/c1-2-14-9-10-8(11-13-9)12-6-4-3-5-7-12/h3-7H,2H2,1H3/q+1. The fourth-order valence-corrected chi connectivity index (χ4v) is 1.50. The third-order valence-electron chi connectivity index (χ3n) is 1.61. The van der Waals surface area contributed by atoms with Crippen molar-refractivity contribution in [3.63, 3.8) is 0 Å². The van der Waals surface area contributed by atoms with Crippen LogP contribution in [0, 0.1) is 0 Å². The predicted molar refractivity (Wildman–Crippen MR) is 52.2 cm³/mol. The van der Waals surface area contributed by atoms with Crippen molar-refractivity contribution in [1.29, 1.82) is 0 Å². The van der Waals surface area contributed by atoms with Crippen LogP contribution in [-0.2, 0) is 0 Å². The summed E-state index contributed by atoms with van der Waals surface area (Å²) < 4.78 is 6.85. The van der Waals surface area contributed by atoms with Crippen molar-refractivity contribution >= 4 is 11.8 Å². The van der Waals surface area contributed by atoms with Crippen molar-refractivity contribution in [1.82, 2.24) is 10.1 Å². The van der Waals surface area contributed by atoms with E-state index in [9.17, 15) is 0 Å². The molecule has 0 saturated heterocycles. The third-order valence-corrected chi connectivity index (χ3v) is 2.31. The molecule has 0 bridgehead atoms. The van der Waals surface area contributed by atoms with Gasteiger partial charge in [0.15, 0.2) is 0 Å². The lowest BCUT2D eigenvalue weighted by Crippen LogP contribution is -2.30. The lowest BCUT2D eigenvalue weighted by molar-refractivity contribution is -0.604. The first-order valence-electron chi connectivity index (χ1n) is 4.33. The zero-order valence-electron chi connectivity index (χ0n) is 7.75. The van der Waals surface area contributed by atoms with Crippen molar-refractivity contribution in [3.05, 3.63) is 30.6 Å². The summed E-state index contributed by atoms with van der Waals surface area (Å²) in [7, 11) is 0. The van der Waals surface area contributed by atoms with E-state index in [1.807, 2.05) is 42.1 Å². The summed E-state index contributed by atoms with van der Waals surface area (Å²) in [6, 6.07) is 5.78. The van der Waals surface area contributed by atoms with Crippen LogP contribution in [0.15, 0.2) is 40.3 Å². The van der Waals surface area contributed by atoms with E-state index in [0.717, 1.165) is 5.75 Å². The van der Waals surface area contributed by atoms with Gasteiger partial charge in [0.25, 0.3) is 0 Å². The molecule has 0 aliphatic carbocycles. The molecule has 2 rings (SSSR count). The van der Waals surface area contributed by atoms with Crippen LogP contribution in [-0.4, -0.2) is 15.9 Å². The first kappa shape index (κ1) is 9.21. The molecule has 0 spiro atoms. The number of thioether (sulfide) groups is 1. The second-order valence-electron chi connectivity index (χ2n) is 2.58. The van der Waals surface area contributed by atoms with Crippen LogP contribution in [0.3, 0.4) is 0 Å². The fraction of sp³-hybridized carbons (Fsp3) is 0.222. The molecular formula is C9H10N3OS+. The van der Waals surface area contributed by atoms with E-state index in [1.54, 1.807) is 0 Å². The summed E-state index contributed by atoms with van der Waals surface area (Å²) in [6.45, 7) is 2.05. The Hall–Kier alpha value is -1.36. The van der Waals surface area contributed by atoms with Gasteiger partial charge in [-0.2, -0.15) is 0 Å². The summed E-state index contributed by atoms with van der Waals surface area (Å²) in [5, 5.41) is 4.47. The minimum Gasteiger partial charge on any atom is -0.238 e. The molecular weight excluding hydrogens is 198 g/mol. The van der Waals surface area contributed by atoms with Crippen molar-refractivity contribution < 1.29 is 9.09 Å². The zero-order valence-corrected chi connectivity index (χ0v) is 8.57. The second kappa shape index (κ2) is 4.23. The van der Waals surface area contributed by atoms with Crippen molar-refractivity contribution in [2.24, 2.45) is 0 Å². The number of hydrogen-bond acceptors (Lipinski definition) is 4. The minimum atomic E-state index is 0.571. The van der Waals surface area contributed by atoms with E-state index in [2.05, 4.69) is 10.1 Å². The minimum absolute atomic E-state index is 0.571. The van der Waals surface area contributed by atoms with Gasteiger partial charge in [-0.1, -0.05) is 13.0 Å². The number of aromatic nitrogens is 3. The molecule has 0 atom stereocenters. The molecule has 0 fully saturated rings. The Kier molecular flexibility index (Phi) is 2.78. The van der Waals surface area contributed by atoms with Crippen LogP contribution in [0.2, 0.25) is 0 Å². The summed E-state index contributed by atoms with van der Waals surface area (Å²) in [6.07, 6.45) is 3.76. The van der Waals surface area contributed by atoms with Gasteiger partial charge >= 0.3 is 11.2 Å². The van der Waals surface area contributed by atoms with E-state index in [0.29, 0.717) is 11.2 Å². The summed E-state index contributed by atoms with van der Waals surface area (Å²) >= 11 is 1.54. The molecule has 0 aliphatic heterocycles. The maximum Gasteiger partial charge on any atom is 0.480 e. The highest BCUT2D eigenvalue weighted by Crippen LogP contribution is 2.13. The quantitative estimate of drug-likeness (QED) is 0.565. The van der Waals surface area contributed by atoms with Crippen molar-refractivity contribution in [2.75, 3.05) is 5.75 Å². The molecule has 2 aromatic heterocycles. The molecule has 4 nitrogen and oxygen atoms in total. The molecule has 0 amide bonds. The normalized spacial score (nSPS) is 10.4. The van der Waals surface area contributed by atoms with Gasteiger partial charge in [-0.25, -0.2) is 9.09 Å². The molecule has 2 heterocycles. The Morgan fingerprint density at radius 3 is 2.86 bits per heavy atom. The Morgan fingerprint density at radius 1 is 1.36 bits per heavy atom. The van der Waals surface area contributed by atoms with Crippen LogP contribution < -0.4 is 4.57 Å². The van der Waals surface area contributed by atoms with Gasteiger partial charge < -0.3 is 0 Å². The Bertz CT molecular complexity index is 401. The molecule has 0 N–H and O–H groups in total. The molecule has 2 aromatic rings. The van der Waals surface area contributed by atoms with Gasteiger partial charge in [-0.3, -0.25) is 0 Å². The van der Waals surface area contributed by atoms with Gasteiger partial charge in [0.2, 0.25) is 0 Å². The highest BCUT2D eigenvalue weighted by Gasteiger charge is 2.17. The van der Waals surface area contributed by atoms with Crippen LogP contribution in [0.5, 0.6) is 0 Å². The van der Waals surface area contributed by atoms with Gasteiger partial charge in [-0.05, 0) is 28.9 Å². The van der Waals surface area contributed by atoms with Crippen LogP contribution in [0.4, 0.5) is 0 Å². The van der Waals surface area contributed by atoms with Crippen LogP contribution in [0.25, 0.3) is 5.95 Å². The molecule has 0 aliphatic rings. The first-order chi connectivity index (χ1) is 6.90. The molecule has 72 valence electrons. The van der Waals surface area contributed by atoms with Crippen molar-refractivity contribution in [2.45, 2.75) is 12.1 Å². The predicted octanol–water partition coefficient (Wildman–Crippen LogP) is 1.46. The third kappa shape index (κ3) is 1.93. The van der Waals surface area contributed by atoms with Gasteiger partial charge in [0.1, 0.15) is 5.16 Å². The zero-order chi connectivity index (χ0) is 9.80. The maximum atomic E-state index is 5.04. The monoisotopic (exact) mass is 208 g/mol. The molecule has 0 radical (unpaired) electrons. The van der Waals surface area contributed by atoms with E-state index < -0.39 is 0 Å².